The standard InChI is InChI=1S/C6H15N3.6H2O/c7-1-4-9-5-2-8-3-6-9;;;;;;/h8H,1-7H2;6*1H2. The Morgan fingerprint density at radius 3 is 1.60 bits per heavy atom. The molecule has 0 aromatic rings. The molecule has 15 heavy (non-hydrogen) atoms. The summed E-state index contributed by atoms with van der Waals surface area (Å²) in [4.78, 5) is 2.39. The monoisotopic (exact) mass is 237 g/mol. The van der Waals surface area contributed by atoms with E-state index in [1.165, 1.54) is 0 Å². The first-order valence-corrected chi connectivity index (χ1v) is 3.56. The number of nitrogens with two attached hydrogens (primary N) is 1. The van der Waals surface area contributed by atoms with Crippen molar-refractivity contribution >= 4 is 0 Å². The van der Waals surface area contributed by atoms with Gasteiger partial charge >= 0.3 is 0 Å². The maximum atomic E-state index is 5.40. The summed E-state index contributed by atoms with van der Waals surface area (Å²) >= 11 is 0. The van der Waals surface area contributed by atoms with Gasteiger partial charge in [0.15, 0.2) is 0 Å². The molecule has 0 amide bonds. The lowest BCUT2D eigenvalue weighted by atomic mass is 10.3. The van der Waals surface area contributed by atoms with Gasteiger partial charge < -0.3 is 43.9 Å². The first kappa shape index (κ1) is 36.5. The Morgan fingerprint density at radius 2 is 1.27 bits per heavy atom. The van der Waals surface area contributed by atoms with Crippen LogP contribution in [0, 0.1) is 0 Å². The zero-order valence-corrected chi connectivity index (χ0v) is 8.77. The normalized spacial score (nSPS) is 13.4. The summed E-state index contributed by atoms with van der Waals surface area (Å²) in [6.07, 6.45) is 0. The Balaban J connectivity index is -0.0000000337. The number of hydrogen-bond acceptors (Lipinski definition) is 3. The minimum atomic E-state index is 0. The third kappa shape index (κ3) is 16.3. The van der Waals surface area contributed by atoms with E-state index in [1.807, 2.05) is 0 Å². The van der Waals surface area contributed by atoms with Crippen LogP contribution < -0.4 is 11.1 Å². The molecule has 0 atom stereocenters. The molecule has 0 aromatic carbocycles. The predicted octanol–water partition coefficient (Wildman–Crippen LogP) is -6.10. The van der Waals surface area contributed by atoms with Crippen LogP contribution in [0.2, 0.25) is 0 Å². The minimum absolute atomic E-state index is 0. The van der Waals surface area contributed by atoms with Crippen molar-refractivity contribution in [1.29, 1.82) is 0 Å². The Labute approximate surface area is 89.1 Å². The van der Waals surface area contributed by atoms with Crippen molar-refractivity contribution in [2.75, 3.05) is 39.3 Å². The van der Waals surface area contributed by atoms with E-state index in [4.69, 9.17) is 5.73 Å². The van der Waals surface area contributed by atoms with Crippen LogP contribution in [0.4, 0.5) is 0 Å². The second-order valence-corrected chi connectivity index (χ2v) is 2.38. The van der Waals surface area contributed by atoms with Crippen molar-refractivity contribution in [2.24, 2.45) is 5.73 Å². The third-order valence-corrected chi connectivity index (χ3v) is 1.65. The molecule has 0 saturated carbocycles. The Morgan fingerprint density at radius 1 is 0.867 bits per heavy atom. The van der Waals surface area contributed by atoms with E-state index in [1.54, 1.807) is 0 Å². The van der Waals surface area contributed by atoms with E-state index in [2.05, 4.69) is 10.2 Å². The molecule has 1 aliphatic rings. The molecular formula is C6H27N3O6. The van der Waals surface area contributed by atoms with Crippen LogP contribution in [0.5, 0.6) is 0 Å². The fourth-order valence-corrected chi connectivity index (χ4v) is 1.12. The highest BCUT2D eigenvalue weighted by atomic mass is 16.0. The van der Waals surface area contributed by atoms with Gasteiger partial charge in [0.1, 0.15) is 0 Å². The lowest BCUT2D eigenvalue weighted by Gasteiger charge is -2.26. The molecule has 0 spiro atoms. The SMILES string of the molecule is NCCN1CCNCC1.O.O.O.O.O.O. The zero-order chi connectivity index (χ0) is 6.53. The van der Waals surface area contributed by atoms with Gasteiger partial charge in [-0.1, -0.05) is 0 Å². The number of piperazine rings is 1. The number of nitrogens with one attached hydrogen (secondary N) is 1. The largest absolute Gasteiger partial charge is 0.412 e. The van der Waals surface area contributed by atoms with Gasteiger partial charge in [-0.25, -0.2) is 0 Å². The summed E-state index contributed by atoms with van der Waals surface area (Å²) in [5.41, 5.74) is 5.40. The summed E-state index contributed by atoms with van der Waals surface area (Å²) in [7, 11) is 0. The van der Waals surface area contributed by atoms with Crippen LogP contribution in [-0.2, 0) is 0 Å². The van der Waals surface area contributed by atoms with Crippen LogP contribution in [0.1, 0.15) is 0 Å². The molecule has 0 aromatic heterocycles. The molecule has 9 nitrogen and oxygen atoms in total. The highest BCUT2D eigenvalue weighted by molar-refractivity contribution is 4.66. The number of rotatable bonds is 2. The van der Waals surface area contributed by atoms with Crippen LogP contribution in [0.3, 0.4) is 0 Å². The Kier molecular flexibility index (Phi) is 57.0. The molecule has 0 aliphatic carbocycles. The Bertz CT molecular complexity index is 80.5. The van der Waals surface area contributed by atoms with E-state index in [0.29, 0.717) is 0 Å². The van der Waals surface area contributed by atoms with Crippen molar-refractivity contribution < 1.29 is 32.9 Å². The van der Waals surface area contributed by atoms with Crippen LogP contribution in [0.25, 0.3) is 0 Å². The maximum Gasteiger partial charge on any atom is 0.0108 e. The Hall–Kier alpha value is -0.360. The minimum Gasteiger partial charge on any atom is -0.412 e. The summed E-state index contributed by atoms with van der Waals surface area (Å²) in [6, 6.07) is 0. The van der Waals surface area contributed by atoms with Crippen LogP contribution >= 0.6 is 0 Å². The van der Waals surface area contributed by atoms with Gasteiger partial charge in [0.2, 0.25) is 0 Å². The van der Waals surface area contributed by atoms with Gasteiger partial charge in [0.05, 0.1) is 0 Å². The van der Waals surface area contributed by atoms with Crippen molar-refractivity contribution in [1.82, 2.24) is 10.2 Å². The van der Waals surface area contributed by atoms with E-state index in [-0.39, 0.29) is 32.9 Å². The molecule has 0 unspecified atom stereocenters. The van der Waals surface area contributed by atoms with Gasteiger partial charge in [-0.05, 0) is 0 Å². The smallest absolute Gasteiger partial charge is 0.0108 e. The topological polar surface area (TPSA) is 230 Å². The molecular weight excluding hydrogens is 210 g/mol. The lowest BCUT2D eigenvalue weighted by molar-refractivity contribution is 0.247. The average Bonchev–Trinajstić information content (AvgIpc) is 1.91. The summed E-state index contributed by atoms with van der Waals surface area (Å²) < 4.78 is 0. The molecule has 0 bridgehead atoms. The second-order valence-electron chi connectivity index (χ2n) is 2.38. The van der Waals surface area contributed by atoms with Gasteiger partial charge in [0, 0.05) is 39.3 Å². The fraction of sp³-hybridized carbons (Fsp3) is 1.00. The van der Waals surface area contributed by atoms with Gasteiger partial charge in [-0.2, -0.15) is 0 Å². The summed E-state index contributed by atoms with van der Waals surface area (Å²) in [6.45, 7) is 6.43. The van der Waals surface area contributed by atoms with Crippen molar-refractivity contribution in [3.8, 4) is 0 Å². The van der Waals surface area contributed by atoms with Crippen molar-refractivity contribution in [3.63, 3.8) is 0 Å². The third-order valence-electron chi connectivity index (χ3n) is 1.65. The van der Waals surface area contributed by atoms with Gasteiger partial charge in [-0.3, -0.25) is 4.90 Å². The van der Waals surface area contributed by atoms with E-state index < -0.39 is 0 Å². The number of hydrogen-bond donors (Lipinski definition) is 2. The van der Waals surface area contributed by atoms with Gasteiger partial charge in [0.25, 0.3) is 0 Å². The molecule has 1 aliphatic heterocycles. The molecule has 15 N–H and O–H groups in total. The van der Waals surface area contributed by atoms with Crippen molar-refractivity contribution in [2.45, 2.75) is 0 Å². The van der Waals surface area contributed by atoms with Gasteiger partial charge in [-0.15, -0.1) is 0 Å². The zero-order valence-electron chi connectivity index (χ0n) is 8.77. The lowest BCUT2D eigenvalue weighted by Crippen LogP contribution is -2.45. The average molecular weight is 237 g/mol. The summed E-state index contributed by atoms with van der Waals surface area (Å²) in [5.74, 6) is 0. The van der Waals surface area contributed by atoms with Crippen LogP contribution in [0.15, 0.2) is 0 Å². The molecule has 0 radical (unpaired) electrons. The maximum absolute atomic E-state index is 5.40. The second kappa shape index (κ2) is 23.5. The molecule has 9 heteroatoms. The highest BCUT2D eigenvalue weighted by Gasteiger charge is 2.06. The number of nitrogens with zero attached hydrogens (tertiary/aromatic N) is 1. The predicted molar refractivity (Wildman–Crippen MR) is 60.0 cm³/mol. The first-order chi connectivity index (χ1) is 4.43. The molecule has 1 heterocycles. The first-order valence-electron chi connectivity index (χ1n) is 3.56. The van der Waals surface area contributed by atoms with E-state index >= 15 is 0 Å². The highest BCUT2D eigenvalue weighted by Crippen LogP contribution is 1.88. The van der Waals surface area contributed by atoms with E-state index in [0.717, 1.165) is 39.3 Å². The quantitative estimate of drug-likeness (QED) is 0.477. The molecule has 1 rings (SSSR count). The summed E-state index contributed by atoms with van der Waals surface area (Å²) in [5, 5.41) is 3.29. The fourth-order valence-electron chi connectivity index (χ4n) is 1.12. The van der Waals surface area contributed by atoms with Crippen LogP contribution in [-0.4, -0.2) is 77.0 Å². The van der Waals surface area contributed by atoms with E-state index in [9.17, 15) is 0 Å². The van der Waals surface area contributed by atoms with Crippen molar-refractivity contribution in [3.05, 3.63) is 0 Å². The molecule has 1 fully saturated rings. The molecule has 102 valence electrons. The molecule has 1 saturated heterocycles.